The zero-order chi connectivity index (χ0) is 20.8. The molecule has 150 valence electrons. The van der Waals surface area contributed by atoms with Crippen molar-refractivity contribution in [3.63, 3.8) is 0 Å². The van der Waals surface area contributed by atoms with Crippen LogP contribution in [0.2, 0.25) is 0 Å². The third-order valence-electron chi connectivity index (χ3n) is 4.87. The summed E-state index contributed by atoms with van der Waals surface area (Å²) >= 11 is 0. The van der Waals surface area contributed by atoms with E-state index in [9.17, 15) is 9.59 Å². The molecule has 1 unspecified atom stereocenters. The fraction of sp³-hybridized carbons (Fsp3) is 0.125. The van der Waals surface area contributed by atoms with Crippen molar-refractivity contribution in [1.82, 2.24) is 20.6 Å². The molecule has 0 spiro atoms. The predicted octanol–water partition coefficient (Wildman–Crippen LogP) is 3.13. The molecule has 2 amide bonds. The maximum atomic E-state index is 12.6. The van der Waals surface area contributed by atoms with Gasteiger partial charge in [0, 0.05) is 0 Å². The van der Waals surface area contributed by atoms with Crippen LogP contribution in [0.3, 0.4) is 0 Å². The third kappa shape index (κ3) is 4.72. The molecule has 4 rings (SSSR count). The lowest BCUT2D eigenvalue weighted by Gasteiger charge is -2.20. The van der Waals surface area contributed by atoms with Crippen LogP contribution in [0.25, 0.3) is 11.0 Å². The maximum Gasteiger partial charge on any atom is 0.240 e. The molecule has 0 bridgehead atoms. The van der Waals surface area contributed by atoms with E-state index in [1.165, 1.54) is 0 Å². The number of amides is 2. The van der Waals surface area contributed by atoms with Gasteiger partial charge in [0.05, 0.1) is 36.4 Å². The smallest absolute Gasteiger partial charge is 0.240 e. The van der Waals surface area contributed by atoms with Gasteiger partial charge < -0.3 is 15.6 Å². The van der Waals surface area contributed by atoms with E-state index >= 15 is 0 Å². The summed E-state index contributed by atoms with van der Waals surface area (Å²) in [6.45, 7) is -0.0820. The average molecular weight is 398 g/mol. The Kier molecular flexibility index (Phi) is 5.85. The largest absolute Gasteiger partial charge is 0.347 e. The number of imidazole rings is 1. The molecule has 1 aromatic heterocycles. The first-order valence-electron chi connectivity index (χ1n) is 9.77. The summed E-state index contributed by atoms with van der Waals surface area (Å²) < 4.78 is 0. The Balaban J connectivity index is 1.45. The third-order valence-corrected chi connectivity index (χ3v) is 4.87. The van der Waals surface area contributed by atoms with Gasteiger partial charge in [-0.1, -0.05) is 66.7 Å². The Bertz CT molecular complexity index is 1140. The van der Waals surface area contributed by atoms with Crippen molar-refractivity contribution in [2.75, 3.05) is 6.54 Å². The van der Waals surface area contributed by atoms with E-state index in [0.29, 0.717) is 0 Å². The van der Waals surface area contributed by atoms with Crippen LogP contribution in [-0.2, 0) is 16.0 Å². The summed E-state index contributed by atoms with van der Waals surface area (Å²) in [6, 6.07) is 24.7. The lowest BCUT2D eigenvalue weighted by atomic mass is 9.98. The van der Waals surface area contributed by atoms with Gasteiger partial charge in [-0.2, -0.15) is 0 Å². The Hall–Kier alpha value is -3.93. The molecule has 3 N–H and O–H groups in total. The van der Waals surface area contributed by atoms with E-state index in [4.69, 9.17) is 0 Å². The standard InChI is InChI=1S/C24H22N4O2/c29-22(13-17-7-3-1-4-8-17)25-15-23(30)28-24(18-9-5-2-6-10-18)19-11-12-20-21(14-19)27-16-26-20/h1-12,14,16,24H,13,15H2,(H,25,29)(H,26,27)(H,28,30). The number of hydrogen-bond donors (Lipinski definition) is 3. The van der Waals surface area contributed by atoms with Crippen molar-refractivity contribution in [1.29, 1.82) is 0 Å². The van der Waals surface area contributed by atoms with Crippen molar-refractivity contribution in [3.05, 3.63) is 102 Å². The van der Waals surface area contributed by atoms with Crippen molar-refractivity contribution >= 4 is 22.8 Å². The monoisotopic (exact) mass is 398 g/mol. The first-order chi connectivity index (χ1) is 14.7. The van der Waals surface area contributed by atoms with Crippen LogP contribution in [0.15, 0.2) is 85.2 Å². The normalized spacial score (nSPS) is 11.7. The number of hydrogen-bond acceptors (Lipinski definition) is 3. The van der Waals surface area contributed by atoms with Gasteiger partial charge in [-0.15, -0.1) is 0 Å². The SMILES string of the molecule is O=C(Cc1ccccc1)NCC(=O)NC(c1ccccc1)c1ccc2nc[nH]c2c1. The molecule has 0 saturated carbocycles. The number of aromatic amines is 1. The molecule has 0 fully saturated rings. The van der Waals surface area contributed by atoms with E-state index in [-0.39, 0.29) is 30.8 Å². The van der Waals surface area contributed by atoms with Crippen molar-refractivity contribution in [2.24, 2.45) is 0 Å². The van der Waals surface area contributed by atoms with Gasteiger partial charge in [0.2, 0.25) is 11.8 Å². The van der Waals surface area contributed by atoms with Gasteiger partial charge >= 0.3 is 0 Å². The molecule has 3 aromatic carbocycles. The van der Waals surface area contributed by atoms with Crippen LogP contribution < -0.4 is 10.6 Å². The molecular formula is C24H22N4O2. The highest BCUT2D eigenvalue weighted by atomic mass is 16.2. The molecule has 0 radical (unpaired) electrons. The second kappa shape index (κ2) is 9.05. The summed E-state index contributed by atoms with van der Waals surface area (Å²) in [7, 11) is 0. The highest BCUT2D eigenvalue weighted by Gasteiger charge is 2.18. The highest BCUT2D eigenvalue weighted by molar-refractivity contribution is 5.86. The quantitative estimate of drug-likeness (QED) is 0.447. The number of aromatic nitrogens is 2. The number of nitrogens with zero attached hydrogens (tertiary/aromatic N) is 1. The molecule has 0 saturated heterocycles. The molecule has 0 aliphatic rings. The van der Waals surface area contributed by atoms with Gasteiger partial charge in [0.25, 0.3) is 0 Å². The zero-order valence-electron chi connectivity index (χ0n) is 16.3. The van der Waals surface area contributed by atoms with E-state index in [2.05, 4.69) is 20.6 Å². The molecule has 4 aromatic rings. The van der Waals surface area contributed by atoms with Crippen LogP contribution in [-0.4, -0.2) is 28.3 Å². The lowest BCUT2D eigenvalue weighted by molar-refractivity contribution is -0.126. The van der Waals surface area contributed by atoms with Crippen LogP contribution >= 0.6 is 0 Å². The summed E-state index contributed by atoms with van der Waals surface area (Å²) in [6.07, 6.45) is 1.89. The second-order valence-electron chi connectivity index (χ2n) is 7.03. The van der Waals surface area contributed by atoms with Crippen LogP contribution in [0.1, 0.15) is 22.7 Å². The van der Waals surface area contributed by atoms with Crippen LogP contribution in [0, 0.1) is 0 Å². The van der Waals surface area contributed by atoms with Crippen molar-refractivity contribution in [2.45, 2.75) is 12.5 Å². The van der Waals surface area contributed by atoms with Crippen molar-refractivity contribution in [3.8, 4) is 0 Å². The van der Waals surface area contributed by atoms with E-state index in [0.717, 1.165) is 27.7 Å². The van der Waals surface area contributed by atoms with E-state index < -0.39 is 0 Å². The number of carbonyl (C=O) groups is 2. The van der Waals surface area contributed by atoms with Crippen LogP contribution in [0.5, 0.6) is 0 Å². The van der Waals surface area contributed by atoms with Crippen molar-refractivity contribution < 1.29 is 9.59 Å². The summed E-state index contributed by atoms with van der Waals surface area (Å²) in [5.41, 5.74) is 4.57. The first kappa shape index (κ1) is 19.4. The summed E-state index contributed by atoms with van der Waals surface area (Å²) in [5.74, 6) is -0.443. The Labute approximate surface area is 174 Å². The number of carbonyl (C=O) groups excluding carboxylic acids is 2. The fourth-order valence-electron chi connectivity index (χ4n) is 3.37. The van der Waals surface area contributed by atoms with E-state index in [1.807, 2.05) is 78.9 Å². The fourth-order valence-corrected chi connectivity index (χ4v) is 3.37. The minimum absolute atomic E-state index is 0.0820. The molecule has 0 aliphatic carbocycles. The Morgan fingerprint density at radius 3 is 2.37 bits per heavy atom. The minimum Gasteiger partial charge on any atom is -0.347 e. The average Bonchev–Trinajstić information content (AvgIpc) is 3.25. The van der Waals surface area contributed by atoms with E-state index in [1.54, 1.807) is 6.33 Å². The van der Waals surface area contributed by atoms with Gasteiger partial charge in [0.1, 0.15) is 0 Å². The first-order valence-corrected chi connectivity index (χ1v) is 9.77. The number of H-pyrrole nitrogens is 1. The highest BCUT2D eigenvalue weighted by Crippen LogP contribution is 2.24. The molecule has 0 aliphatic heterocycles. The molecular weight excluding hydrogens is 376 g/mol. The number of benzene rings is 3. The second-order valence-corrected chi connectivity index (χ2v) is 7.03. The van der Waals surface area contributed by atoms with Gasteiger partial charge in [-0.3, -0.25) is 9.59 Å². The topological polar surface area (TPSA) is 86.9 Å². The predicted molar refractivity (Wildman–Crippen MR) is 116 cm³/mol. The number of nitrogens with one attached hydrogen (secondary N) is 3. The van der Waals surface area contributed by atoms with Gasteiger partial charge in [0.15, 0.2) is 0 Å². The summed E-state index contributed by atoms with van der Waals surface area (Å²) in [5, 5.41) is 5.74. The minimum atomic E-state index is -0.336. The number of rotatable bonds is 7. The molecule has 30 heavy (non-hydrogen) atoms. The zero-order valence-corrected chi connectivity index (χ0v) is 16.3. The maximum absolute atomic E-state index is 12.6. The molecule has 1 atom stereocenters. The Morgan fingerprint density at radius 1 is 0.867 bits per heavy atom. The molecule has 6 nitrogen and oxygen atoms in total. The lowest BCUT2D eigenvalue weighted by Crippen LogP contribution is -2.39. The molecule has 6 heteroatoms. The number of fused-ring (bicyclic) bond motifs is 1. The molecule has 1 heterocycles. The van der Waals surface area contributed by atoms with Crippen LogP contribution in [0.4, 0.5) is 0 Å². The summed E-state index contributed by atoms with van der Waals surface area (Å²) in [4.78, 5) is 32.1. The van der Waals surface area contributed by atoms with Gasteiger partial charge in [-0.25, -0.2) is 4.98 Å². The Morgan fingerprint density at radius 2 is 1.60 bits per heavy atom. The van der Waals surface area contributed by atoms with Gasteiger partial charge in [-0.05, 0) is 28.8 Å².